The molecular formula is C22H22N2O3. The summed E-state index contributed by atoms with van der Waals surface area (Å²) in [6.45, 7) is 1.71. The van der Waals surface area contributed by atoms with E-state index in [0.29, 0.717) is 5.75 Å². The molecule has 0 radical (unpaired) electrons. The smallest absolute Gasteiger partial charge is 0.258 e. The molecule has 0 aliphatic rings. The quantitative estimate of drug-likeness (QED) is 0.678. The maximum absolute atomic E-state index is 12.2. The van der Waals surface area contributed by atoms with Crippen LogP contribution in [0.25, 0.3) is 10.8 Å². The van der Waals surface area contributed by atoms with Gasteiger partial charge in [0.25, 0.3) is 5.91 Å². The van der Waals surface area contributed by atoms with Gasteiger partial charge in [0.2, 0.25) is 5.91 Å². The van der Waals surface area contributed by atoms with Gasteiger partial charge in [-0.2, -0.15) is 0 Å². The van der Waals surface area contributed by atoms with E-state index < -0.39 is 0 Å². The highest BCUT2D eigenvalue weighted by molar-refractivity contribution is 5.88. The molecule has 1 unspecified atom stereocenters. The number of nitrogens with one attached hydrogen (secondary N) is 2. The van der Waals surface area contributed by atoms with E-state index in [1.54, 1.807) is 12.1 Å². The summed E-state index contributed by atoms with van der Waals surface area (Å²) in [7, 11) is 0. The second-order valence-corrected chi connectivity index (χ2v) is 6.24. The number of carbonyl (C=O) groups excluding carboxylic acids is 2. The summed E-state index contributed by atoms with van der Waals surface area (Å²) < 4.78 is 5.35. The summed E-state index contributed by atoms with van der Waals surface area (Å²) in [5, 5.41) is 7.73. The second kappa shape index (κ2) is 8.85. The van der Waals surface area contributed by atoms with Crippen LogP contribution in [-0.2, 0) is 9.59 Å². The standard InChI is InChI=1S/C22H22N2O3/c1-16(19-13-7-9-17-8-5-6-12-20(17)19)24-21(25)14-23-22(26)15-27-18-10-3-2-4-11-18/h2-13,16H,14-15H2,1H3,(H,23,26)(H,24,25). The zero-order valence-electron chi connectivity index (χ0n) is 15.1. The van der Waals surface area contributed by atoms with Crippen LogP contribution in [-0.4, -0.2) is 25.0 Å². The molecule has 0 saturated carbocycles. The van der Waals surface area contributed by atoms with Crippen molar-refractivity contribution < 1.29 is 14.3 Å². The summed E-state index contributed by atoms with van der Waals surface area (Å²) in [4.78, 5) is 24.0. The zero-order valence-corrected chi connectivity index (χ0v) is 15.1. The van der Waals surface area contributed by atoms with Gasteiger partial charge in [0, 0.05) is 0 Å². The molecule has 0 saturated heterocycles. The van der Waals surface area contributed by atoms with Gasteiger partial charge < -0.3 is 15.4 Å². The Morgan fingerprint density at radius 2 is 1.59 bits per heavy atom. The normalized spacial score (nSPS) is 11.6. The van der Waals surface area contributed by atoms with Crippen LogP contribution >= 0.6 is 0 Å². The van der Waals surface area contributed by atoms with Crippen molar-refractivity contribution in [3.8, 4) is 5.75 Å². The molecule has 3 rings (SSSR count). The summed E-state index contributed by atoms with van der Waals surface area (Å²) in [5.41, 5.74) is 1.04. The lowest BCUT2D eigenvalue weighted by Crippen LogP contribution is -2.39. The van der Waals surface area contributed by atoms with Gasteiger partial charge >= 0.3 is 0 Å². The SMILES string of the molecule is CC(NC(=O)CNC(=O)COc1ccccc1)c1cccc2ccccc12. The summed E-state index contributed by atoms with van der Waals surface area (Å²) in [6.07, 6.45) is 0. The number of fused-ring (bicyclic) bond motifs is 1. The predicted octanol–water partition coefficient (Wildman–Crippen LogP) is 3.21. The van der Waals surface area contributed by atoms with Crippen LogP contribution in [0, 0.1) is 0 Å². The Morgan fingerprint density at radius 3 is 2.41 bits per heavy atom. The van der Waals surface area contributed by atoms with E-state index in [0.717, 1.165) is 16.3 Å². The lowest BCUT2D eigenvalue weighted by atomic mass is 10.00. The first-order valence-electron chi connectivity index (χ1n) is 8.85. The van der Waals surface area contributed by atoms with Crippen molar-refractivity contribution in [2.24, 2.45) is 0 Å². The first-order chi connectivity index (χ1) is 13.1. The Kier molecular flexibility index (Phi) is 6.05. The fourth-order valence-corrected chi connectivity index (χ4v) is 2.89. The van der Waals surface area contributed by atoms with Crippen molar-refractivity contribution in [3.63, 3.8) is 0 Å². The molecule has 0 aliphatic carbocycles. The molecule has 0 spiro atoms. The van der Waals surface area contributed by atoms with Gasteiger partial charge in [0.1, 0.15) is 5.75 Å². The van der Waals surface area contributed by atoms with E-state index in [2.05, 4.69) is 10.6 Å². The number of carbonyl (C=O) groups is 2. The monoisotopic (exact) mass is 362 g/mol. The topological polar surface area (TPSA) is 67.4 Å². The van der Waals surface area contributed by atoms with E-state index in [4.69, 9.17) is 4.74 Å². The summed E-state index contributed by atoms with van der Waals surface area (Å²) >= 11 is 0. The van der Waals surface area contributed by atoms with E-state index in [-0.39, 0.29) is 31.0 Å². The van der Waals surface area contributed by atoms with Gasteiger partial charge in [-0.05, 0) is 35.4 Å². The van der Waals surface area contributed by atoms with Gasteiger partial charge in [-0.1, -0.05) is 60.7 Å². The number of ether oxygens (including phenoxy) is 1. The summed E-state index contributed by atoms with van der Waals surface area (Å²) in [5.74, 6) is 0.0250. The van der Waals surface area contributed by atoms with Crippen molar-refractivity contribution in [1.82, 2.24) is 10.6 Å². The Bertz CT molecular complexity index is 920. The molecule has 0 heterocycles. The van der Waals surface area contributed by atoms with Crippen LogP contribution in [0.1, 0.15) is 18.5 Å². The highest BCUT2D eigenvalue weighted by Gasteiger charge is 2.13. The van der Waals surface area contributed by atoms with Crippen LogP contribution in [0.3, 0.4) is 0 Å². The van der Waals surface area contributed by atoms with E-state index in [9.17, 15) is 9.59 Å². The van der Waals surface area contributed by atoms with E-state index in [1.807, 2.05) is 67.6 Å². The molecule has 138 valence electrons. The number of rotatable bonds is 7. The van der Waals surface area contributed by atoms with Crippen molar-refractivity contribution in [1.29, 1.82) is 0 Å². The Balaban J connectivity index is 1.49. The molecule has 0 aliphatic heterocycles. The van der Waals surface area contributed by atoms with Gasteiger partial charge in [0.05, 0.1) is 12.6 Å². The predicted molar refractivity (Wildman–Crippen MR) is 105 cm³/mol. The maximum Gasteiger partial charge on any atom is 0.258 e. The molecule has 1 atom stereocenters. The summed E-state index contributed by atoms with van der Waals surface area (Å²) in [6, 6.07) is 23.0. The minimum absolute atomic E-state index is 0.0912. The average Bonchev–Trinajstić information content (AvgIpc) is 2.71. The van der Waals surface area contributed by atoms with E-state index in [1.165, 1.54) is 0 Å². The molecule has 2 N–H and O–H groups in total. The molecule has 2 amide bonds. The molecule has 0 aromatic heterocycles. The molecule has 3 aromatic rings. The molecule has 0 fully saturated rings. The molecule has 3 aromatic carbocycles. The van der Waals surface area contributed by atoms with Crippen LogP contribution < -0.4 is 15.4 Å². The highest BCUT2D eigenvalue weighted by Crippen LogP contribution is 2.23. The fraction of sp³-hybridized carbons (Fsp3) is 0.182. The molecule has 0 bridgehead atoms. The van der Waals surface area contributed by atoms with Crippen LogP contribution in [0.15, 0.2) is 72.8 Å². The number of para-hydroxylation sites is 1. The Hall–Kier alpha value is -3.34. The number of benzene rings is 3. The number of hydrogen-bond donors (Lipinski definition) is 2. The Labute approximate surface area is 158 Å². The third-order valence-corrected chi connectivity index (χ3v) is 4.23. The third kappa shape index (κ3) is 5.07. The Morgan fingerprint density at radius 1 is 0.889 bits per heavy atom. The average molecular weight is 362 g/mol. The van der Waals surface area contributed by atoms with Crippen molar-refractivity contribution in [2.45, 2.75) is 13.0 Å². The number of hydrogen-bond acceptors (Lipinski definition) is 3. The first kappa shape index (κ1) is 18.5. The lowest BCUT2D eigenvalue weighted by molar-refractivity contribution is -0.127. The van der Waals surface area contributed by atoms with Gasteiger partial charge in [-0.15, -0.1) is 0 Å². The zero-order chi connectivity index (χ0) is 19.1. The molecule has 27 heavy (non-hydrogen) atoms. The number of amides is 2. The van der Waals surface area contributed by atoms with Gasteiger partial charge in [0.15, 0.2) is 6.61 Å². The highest BCUT2D eigenvalue weighted by atomic mass is 16.5. The molecule has 5 heteroatoms. The maximum atomic E-state index is 12.2. The van der Waals surface area contributed by atoms with Crippen molar-refractivity contribution in [3.05, 3.63) is 78.4 Å². The van der Waals surface area contributed by atoms with Gasteiger partial charge in [-0.25, -0.2) is 0 Å². The third-order valence-electron chi connectivity index (χ3n) is 4.23. The lowest BCUT2D eigenvalue weighted by Gasteiger charge is -2.17. The largest absolute Gasteiger partial charge is 0.484 e. The fourth-order valence-electron chi connectivity index (χ4n) is 2.89. The van der Waals surface area contributed by atoms with Crippen LogP contribution in [0.2, 0.25) is 0 Å². The van der Waals surface area contributed by atoms with E-state index >= 15 is 0 Å². The minimum atomic E-state index is -0.341. The van der Waals surface area contributed by atoms with Crippen molar-refractivity contribution >= 4 is 22.6 Å². The van der Waals surface area contributed by atoms with Crippen molar-refractivity contribution in [2.75, 3.05) is 13.2 Å². The molecular weight excluding hydrogens is 340 g/mol. The second-order valence-electron chi connectivity index (χ2n) is 6.24. The molecule has 5 nitrogen and oxygen atoms in total. The van der Waals surface area contributed by atoms with Gasteiger partial charge in [-0.3, -0.25) is 9.59 Å². The van der Waals surface area contributed by atoms with Crippen LogP contribution in [0.4, 0.5) is 0 Å². The minimum Gasteiger partial charge on any atom is -0.484 e. The van der Waals surface area contributed by atoms with Crippen LogP contribution in [0.5, 0.6) is 5.75 Å². The first-order valence-corrected chi connectivity index (χ1v) is 8.85.